The Morgan fingerprint density at radius 2 is 1.84 bits per heavy atom. The molecule has 4 nitrogen and oxygen atoms in total. The van der Waals surface area contributed by atoms with Crippen LogP contribution in [0.1, 0.15) is 21.5 Å². The smallest absolute Gasteiger partial charge is 0.335 e. The maximum atomic E-state index is 10.9. The fraction of sp³-hybridized carbons (Fsp3) is 0.133. The molecule has 0 atom stereocenters. The molecule has 0 aromatic heterocycles. The molecular formula is C15H15NO3. The number of carboxylic acid groups (broad SMARTS) is 1. The topological polar surface area (TPSA) is 69.6 Å². The van der Waals surface area contributed by atoms with Gasteiger partial charge in [-0.05, 0) is 42.3 Å². The molecule has 0 spiro atoms. The Hall–Kier alpha value is -2.49. The fourth-order valence-corrected chi connectivity index (χ4v) is 1.76. The van der Waals surface area contributed by atoms with Gasteiger partial charge in [-0.1, -0.05) is 18.2 Å². The summed E-state index contributed by atoms with van der Waals surface area (Å²) in [6.07, 6.45) is 0. The van der Waals surface area contributed by atoms with Gasteiger partial charge in [0.15, 0.2) is 0 Å². The lowest BCUT2D eigenvalue weighted by Crippen LogP contribution is -2.03. The van der Waals surface area contributed by atoms with E-state index in [1.165, 1.54) is 0 Å². The van der Waals surface area contributed by atoms with E-state index in [0.29, 0.717) is 6.54 Å². The minimum absolute atomic E-state index is 0.229. The molecule has 2 aromatic rings. The summed E-state index contributed by atoms with van der Waals surface area (Å²) in [5.41, 5.74) is 3.06. The van der Waals surface area contributed by atoms with Crippen LogP contribution in [-0.4, -0.2) is 16.2 Å². The first-order valence-electron chi connectivity index (χ1n) is 5.92. The van der Waals surface area contributed by atoms with E-state index < -0.39 is 5.97 Å². The molecule has 0 saturated carbocycles. The summed E-state index contributed by atoms with van der Waals surface area (Å²) in [7, 11) is 0. The molecule has 0 aliphatic carbocycles. The van der Waals surface area contributed by atoms with Crippen LogP contribution in [0.4, 0.5) is 5.69 Å². The molecular weight excluding hydrogens is 242 g/mol. The van der Waals surface area contributed by atoms with E-state index in [1.54, 1.807) is 30.3 Å². The van der Waals surface area contributed by atoms with Crippen molar-refractivity contribution in [2.24, 2.45) is 0 Å². The lowest BCUT2D eigenvalue weighted by molar-refractivity contribution is 0.0697. The lowest BCUT2D eigenvalue weighted by atomic mass is 10.1. The number of benzene rings is 2. The maximum Gasteiger partial charge on any atom is 0.335 e. The van der Waals surface area contributed by atoms with Gasteiger partial charge in [0, 0.05) is 12.2 Å². The molecule has 0 amide bonds. The number of aromatic hydroxyl groups is 1. The maximum absolute atomic E-state index is 10.9. The van der Waals surface area contributed by atoms with Crippen LogP contribution in [0.5, 0.6) is 5.75 Å². The van der Waals surface area contributed by atoms with E-state index in [1.807, 2.05) is 19.1 Å². The Labute approximate surface area is 111 Å². The van der Waals surface area contributed by atoms with Crippen LogP contribution in [0.25, 0.3) is 0 Å². The monoisotopic (exact) mass is 257 g/mol. The van der Waals surface area contributed by atoms with Crippen molar-refractivity contribution in [2.45, 2.75) is 13.5 Å². The Morgan fingerprint density at radius 3 is 2.47 bits per heavy atom. The molecule has 2 aromatic carbocycles. The van der Waals surface area contributed by atoms with Crippen molar-refractivity contribution in [2.75, 3.05) is 5.32 Å². The Kier molecular flexibility index (Phi) is 3.71. The number of phenols is 1. The first-order valence-corrected chi connectivity index (χ1v) is 5.92. The predicted molar refractivity (Wildman–Crippen MR) is 73.6 cm³/mol. The summed E-state index contributed by atoms with van der Waals surface area (Å²) < 4.78 is 0. The van der Waals surface area contributed by atoms with Gasteiger partial charge in [-0.25, -0.2) is 4.79 Å². The summed E-state index contributed by atoms with van der Waals surface area (Å²) in [6.45, 7) is 2.50. The standard InChI is InChI=1S/C15H15NO3/c1-10-2-5-12(15(18)19)8-14(10)16-9-11-3-6-13(17)7-4-11/h2-8,16-17H,9H2,1H3,(H,18,19). The molecule has 3 N–H and O–H groups in total. The highest BCUT2D eigenvalue weighted by Gasteiger charge is 2.05. The number of hydrogen-bond acceptors (Lipinski definition) is 3. The van der Waals surface area contributed by atoms with E-state index in [9.17, 15) is 9.90 Å². The number of aryl methyl sites for hydroxylation is 1. The normalized spacial score (nSPS) is 10.2. The largest absolute Gasteiger partial charge is 0.508 e. The number of anilines is 1. The summed E-state index contributed by atoms with van der Waals surface area (Å²) in [5.74, 6) is -0.708. The second-order valence-electron chi connectivity index (χ2n) is 4.35. The minimum atomic E-state index is -0.937. The third kappa shape index (κ3) is 3.25. The summed E-state index contributed by atoms with van der Waals surface area (Å²) in [6, 6.07) is 11.9. The van der Waals surface area contributed by atoms with Gasteiger partial charge in [0.2, 0.25) is 0 Å². The second kappa shape index (κ2) is 5.44. The predicted octanol–water partition coefficient (Wildman–Crippen LogP) is 3.01. The SMILES string of the molecule is Cc1ccc(C(=O)O)cc1NCc1ccc(O)cc1. The third-order valence-corrected chi connectivity index (χ3v) is 2.90. The number of hydrogen-bond donors (Lipinski definition) is 3. The average molecular weight is 257 g/mol. The van der Waals surface area contributed by atoms with Crippen LogP contribution in [0.15, 0.2) is 42.5 Å². The van der Waals surface area contributed by atoms with Crippen molar-refractivity contribution >= 4 is 11.7 Å². The quantitative estimate of drug-likeness (QED) is 0.787. The lowest BCUT2D eigenvalue weighted by Gasteiger charge is -2.10. The van der Waals surface area contributed by atoms with Gasteiger partial charge in [0.25, 0.3) is 0 Å². The number of rotatable bonds is 4. The van der Waals surface area contributed by atoms with E-state index >= 15 is 0 Å². The molecule has 0 fully saturated rings. The van der Waals surface area contributed by atoms with Crippen molar-refractivity contribution in [3.05, 3.63) is 59.2 Å². The van der Waals surface area contributed by atoms with E-state index in [0.717, 1.165) is 16.8 Å². The van der Waals surface area contributed by atoms with Gasteiger partial charge < -0.3 is 15.5 Å². The summed E-state index contributed by atoms with van der Waals surface area (Å²) >= 11 is 0. The van der Waals surface area contributed by atoms with Crippen molar-refractivity contribution in [1.82, 2.24) is 0 Å². The molecule has 0 bridgehead atoms. The van der Waals surface area contributed by atoms with Crippen LogP contribution >= 0.6 is 0 Å². The van der Waals surface area contributed by atoms with Crippen molar-refractivity contribution in [3.63, 3.8) is 0 Å². The van der Waals surface area contributed by atoms with Gasteiger partial charge in [-0.3, -0.25) is 0 Å². The number of aromatic carboxylic acids is 1. The molecule has 0 saturated heterocycles. The molecule has 0 heterocycles. The van der Waals surface area contributed by atoms with Gasteiger partial charge in [0.1, 0.15) is 5.75 Å². The number of nitrogens with one attached hydrogen (secondary N) is 1. The molecule has 0 aliphatic rings. The molecule has 0 radical (unpaired) electrons. The molecule has 2 rings (SSSR count). The van der Waals surface area contributed by atoms with Gasteiger partial charge in [0.05, 0.1) is 5.56 Å². The Morgan fingerprint density at radius 1 is 1.16 bits per heavy atom. The van der Waals surface area contributed by atoms with Gasteiger partial charge >= 0.3 is 5.97 Å². The summed E-state index contributed by atoms with van der Waals surface area (Å²) in [4.78, 5) is 10.9. The van der Waals surface area contributed by atoms with Crippen molar-refractivity contribution in [3.8, 4) is 5.75 Å². The highest BCUT2D eigenvalue weighted by Crippen LogP contribution is 2.18. The fourth-order valence-electron chi connectivity index (χ4n) is 1.76. The van der Waals surface area contributed by atoms with Gasteiger partial charge in [-0.15, -0.1) is 0 Å². The van der Waals surface area contributed by atoms with Crippen LogP contribution < -0.4 is 5.32 Å². The van der Waals surface area contributed by atoms with E-state index in [4.69, 9.17) is 5.11 Å². The molecule has 98 valence electrons. The molecule has 4 heteroatoms. The van der Waals surface area contributed by atoms with Crippen molar-refractivity contribution in [1.29, 1.82) is 0 Å². The minimum Gasteiger partial charge on any atom is -0.508 e. The van der Waals surface area contributed by atoms with Gasteiger partial charge in [-0.2, -0.15) is 0 Å². The Balaban J connectivity index is 2.12. The average Bonchev–Trinajstić information content (AvgIpc) is 2.39. The number of carbonyl (C=O) groups is 1. The van der Waals surface area contributed by atoms with Crippen LogP contribution in [0.3, 0.4) is 0 Å². The first-order chi connectivity index (χ1) is 9.06. The molecule has 0 aliphatic heterocycles. The zero-order valence-electron chi connectivity index (χ0n) is 10.6. The van der Waals surface area contributed by atoms with Crippen LogP contribution in [0, 0.1) is 6.92 Å². The highest BCUT2D eigenvalue weighted by atomic mass is 16.4. The van der Waals surface area contributed by atoms with E-state index in [2.05, 4.69) is 5.32 Å². The zero-order chi connectivity index (χ0) is 13.8. The third-order valence-electron chi connectivity index (χ3n) is 2.90. The van der Waals surface area contributed by atoms with Crippen LogP contribution in [0.2, 0.25) is 0 Å². The second-order valence-corrected chi connectivity index (χ2v) is 4.35. The zero-order valence-corrected chi connectivity index (χ0v) is 10.6. The molecule has 19 heavy (non-hydrogen) atoms. The van der Waals surface area contributed by atoms with Crippen LogP contribution in [-0.2, 0) is 6.54 Å². The Bertz CT molecular complexity index is 591. The number of carboxylic acids is 1. The molecule has 0 unspecified atom stereocenters. The first kappa shape index (κ1) is 13.0. The van der Waals surface area contributed by atoms with Crippen molar-refractivity contribution < 1.29 is 15.0 Å². The summed E-state index contributed by atoms with van der Waals surface area (Å²) in [5, 5.41) is 21.4. The highest BCUT2D eigenvalue weighted by molar-refractivity contribution is 5.89. The van der Waals surface area contributed by atoms with E-state index in [-0.39, 0.29) is 11.3 Å². The number of phenolic OH excluding ortho intramolecular Hbond substituents is 1.